The topological polar surface area (TPSA) is 49.4 Å². The number of anilines is 1. The zero-order valence-corrected chi connectivity index (χ0v) is 11.5. The third kappa shape index (κ3) is 1.99. The van der Waals surface area contributed by atoms with Crippen LogP contribution in [-0.2, 0) is 4.79 Å². The van der Waals surface area contributed by atoms with Gasteiger partial charge >= 0.3 is 6.03 Å². The summed E-state index contributed by atoms with van der Waals surface area (Å²) >= 11 is 6.63. The molecule has 0 aromatic heterocycles. The molecular formula is C10H8Br2N2O2. The van der Waals surface area contributed by atoms with Gasteiger partial charge in [0.15, 0.2) is 0 Å². The van der Waals surface area contributed by atoms with Crippen molar-refractivity contribution in [1.29, 1.82) is 0 Å². The van der Waals surface area contributed by atoms with E-state index in [2.05, 4.69) is 37.2 Å². The van der Waals surface area contributed by atoms with Crippen molar-refractivity contribution in [3.8, 4) is 0 Å². The average molecular weight is 348 g/mol. The van der Waals surface area contributed by atoms with Crippen molar-refractivity contribution >= 4 is 49.5 Å². The Hall–Kier alpha value is -0.880. The normalized spacial score (nSPS) is 20.2. The van der Waals surface area contributed by atoms with Crippen LogP contribution in [0, 0.1) is 0 Å². The molecule has 1 fully saturated rings. The molecule has 4 nitrogen and oxygen atoms in total. The highest BCUT2D eigenvalue weighted by Crippen LogP contribution is 2.28. The lowest BCUT2D eigenvalue weighted by Crippen LogP contribution is -2.30. The van der Waals surface area contributed by atoms with E-state index in [1.54, 1.807) is 19.1 Å². The first-order valence-electron chi connectivity index (χ1n) is 4.59. The van der Waals surface area contributed by atoms with Crippen LogP contribution in [0.4, 0.5) is 10.5 Å². The molecule has 2 rings (SSSR count). The van der Waals surface area contributed by atoms with Crippen LogP contribution in [0.1, 0.15) is 6.92 Å². The van der Waals surface area contributed by atoms with Gasteiger partial charge in [-0.1, -0.05) is 31.9 Å². The second kappa shape index (κ2) is 4.18. The Balaban J connectivity index is 2.44. The Morgan fingerprint density at radius 1 is 1.19 bits per heavy atom. The molecule has 1 saturated heterocycles. The minimum Gasteiger partial charge on any atom is -0.326 e. The summed E-state index contributed by atoms with van der Waals surface area (Å²) in [6.45, 7) is 1.66. The standard InChI is InChI=1S/C10H8Br2N2O2/c1-5-9(15)14(10(16)13-5)8-3-6(11)2-7(12)4-8/h2-5H,1H3,(H,13,16). The molecule has 0 radical (unpaired) electrons. The van der Waals surface area contributed by atoms with Crippen LogP contribution in [0.3, 0.4) is 0 Å². The molecular weight excluding hydrogens is 340 g/mol. The molecule has 16 heavy (non-hydrogen) atoms. The molecule has 84 valence electrons. The Bertz CT molecular complexity index is 456. The quantitative estimate of drug-likeness (QED) is 0.794. The Kier molecular flexibility index (Phi) is 3.03. The van der Waals surface area contributed by atoms with E-state index in [1.807, 2.05) is 6.07 Å². The summed E-state index contributed by atoms with van der Waals surface area (Å²) in [6.07, 6.45) is 0. The maximum absolute atomic E-state index is 11.8. The van der Waals surface area contributed by atoms with Crippen LogP contribution < -0.4 is 10.2 Å². The van der Waals surface area contributed by atoms with Crippen LogP contribution in [-0.4, -0.2) is 18.0 Å². The number of benzene rings is 1. The minimum atomic E-state index is -0.467. The summed E-state index contributed by atoms with van der Waals surface area (Å²) in [6, 6.07) is 4.43. The maximum atomic E-state index is 11.8. The van der Waals surface area contributed by atoms with E-state index in [0.717, 1.165) is 13.8 Å². The summed E-state index contributed by atoms with van der Waals surface area (Å²) in [5.74, 6) is -0.241. The van der Waals surface area contributed by atoms with Gasteiger partial charge in [0, 0.05) is 8.95 Å². The van der Waals surface area contributed by atoms with E-state index in [-0.39, 0.29) is 11.9 Å². The monoisotopic (exact) mass is 346 g/mol. The first-order valence-corrected chi connectivity index (χ1v) is 6.18. The molecule has 1 atom stereocenters. The molecule has 1 unspecified atom stereocenters. The molecule has 3 amide bonds. The fourth-order valence-electron chi connectivity index (χ4n) is 1.52. The van der Waals surface area contributed by atoms with E-state index in [0.29, 0.717) is 5.69 Å². The molecule has 1 aliphatic rings. The van der Waals surface area contributed by atoms with E-state index < -0.39 is 6.04 Å². The number of halogens is 2. The van der Waals surface area contributed by atoms with Crippen molar-refractivity contribution in [2.45, 2.75) is 13.0 Å². The smallest absolute Gasteiger partial charge is 0.326 e. The molecule has 0 aliphatic carbocycles. The van der Waals surface area contributed by atoms with Gasteiger partial charge in [-0.05, 0) is 25.1 Å². The highest BCUT2D eigenvalue weighted by atomic mass is 79.9. The van der Waals surface area contributed by atoms with Crippen LogP contribution in [0.5, 0.6) is 0 Å². The predicted molar refractivity (Wildman–Crippen MR) is 67.3 cm³/mol. The molecule has 1 aromatic carbocycles. The second-order valence-corrected chi connectivity index (χ2v) is 5.30. The van der Waals surface area contributed by atoms with Gasteiger partial charge in [-0.2, -0.15) is 0 Å². The first-order chi connectivity index (χ1) is 7.49. The molecule has 0 saturated carbocycles. The summed E-state index contributed by atoms with van der Waals surface area (Å²) in [5, 5.41) is 2.56. The maximum Gasteiger partial charge on any atom is 0.329 e. The fourth-order valence-corrected chi connectivity index (χ4v) is 2.79. The SMILES string of the molecule is CC1NC(=O)N(c2cc(Br)cc(Br)c2)C1=O. The summed E-state index contributed by atoms with van der Waals surface area (Å²) in [4.78, 5) is 24.5. The van der Waals surface area contributed by atoms with Crippen molar-refractivity contribution in [3.63, 3.8) is 0 Å². The van der Waals surface area contributed by atoms with E-state index in [1.165, 1.54) is 0 Å². The number of urea groups is 1. The number of hydrogen-bond donors (Lipinski definition) is 1. The number of imide groups is 1. The van der Waals surface area contributed by atoms with E-state index in [4.69, 9.17) is 0 Å². The average Bonchev–Trinajstić information content (AvgIpc) is 2.39. The molecule has 1 aliphatic heterocycles. The van der Waals surface area contributed by atoms with Crippen molar-refractivity contribution in [2.75, 3.05) is 4.90 Å². The van der Waals surface area contributed by atoms with Gasteiger partial charge in [-0.15, -0.1) is 0 Å². The molecule has 1 heterocycles. The first kappa shape index (κ1) is 11.6. The van der Waals surface area contributed by atoms with Gasteiger partial charge in [0.1, 0.15) is 6.04 Å². The molecule has 1 N–H and O–H groups in total. The van der Waals surface area contributed by atoms with Gasteiger partial charge in [-0.3, -0.25) is 4.79 Å². The van der Waals surface area contributed by atoms with Crippen LogP contribution >= 0.6 is 31.9 Å². The number of amides is 3. The zero-order chi connectivity index (χ0) is 11.9. The van der Waals surface area contributed by atoms with Crippen molar-refractivity contribution in [2.24, 2.45) is 0 Å². The summed E-state index contributed by atoms with van der Waals surface area (Å²) in [5.41, 5.74) is 0.549. The lowest BCUT2D eigenvalue weighted by atomic mass is 10.3. The van der Waals surface area contributed by atoms with Gasteiger partial charge in [0.05, 0.1) is 5.69 Å². The lowest BCUT2D eigenvalue weighted by molar-refractivity contribution is -0.117. The van der Waals surface area contributed by atoms with Crippen molar-refractivity contribution in [1.82, 2.24) is 5.32 Å². The zero-order valence-electron chi connectivity index (χ0n) is 8.33. The molecule has 0 bridgehead atoms. The van der Waals surface area contributed by atoms with E-state index in [9.17, 15) is 9.59 Å². The summed E-state index contributed by atoms with van der Waals surface area (Å²) in [7, 11) is 0. The number of nitrogens with one attached hydrogen (secondary N) is 1. The third-order valence-electron chi connectivity index (χ3n) is 2.24. The molecule has 0 spiro atoms. The highest BCUT2D eigenvalue weighted by Gasteiger charge is 2.36. The van der Waals surface area contributed by atoms with Gasteiger partial charge < -0.3 is 5.32 Å². The minimum absolute atomic E-state index is 0.241. The molecule has 1 aromatic rings. The molecule has 6 heteroatoms. The predicted octanol–water partition coefficient (Wildman–Crippen LogP) is 2.66. The Morgan fingerprint density at radius 2 is 1.75 bits per heavy atom. The van der Waals surface area contributed by atoms with Crippen molar-refractivity contribution < 1.29 is 9.59 Å². The largest absolute Gasteiger partial charge is 0.329 e. The number of carbonyl (C=O) groups is 2. The fraction of sp³-hybridized carbons (Fsp3) is 0.200. The number of hydrogen-bond acceptors (Lipinski definition) is 2. The highest BCUT2D eigenvalue weighted by molar-refractivity contribution is 9.11. The number of nitrogens with zero attached hydrogens (tertiary/aromatic N) is 1. The van der Waals surface area contributed by atoms with Gasteiger partial charge in [0.25, 0.3) is 5.91 Å². The van der Waals surface area contributed by atoms with Gasteiger partial charge in [0.2, 0.25) is 0 Å². The second-order valence-electron chi connectivity index (χ2n) is 3.47. The lowest BCUT2D eigenvalue weighted by Gasteiger charge is -2.13. The Labute approximate surface area is 109 Å². The Morgan fingerprint density at radius 3 is 2.19 bits per heavy atom. The van der Waals surface area contributed by atoms with Crippen LogP contribution in [0.25, 0.3) is 0 Å². The number of carbonyl (C=O) groups excluding carboxylic acids is 2. The summed E-state index contributed by atoms with van der Waals surface area (Å²) < 4.78 is 1.61. The van der Waals surface area contributed by atoms with Crippen molar-refractivity contribution in [3.05, 3.63) is 27.1 Å². The van der Waals surface area contributed by atoms with Crippen LogP contribution in [0.2, 0.25) is 0 Å². The number of rotatable bonds is 1. The van der Waals surface area contributed by atoms with E-state index >= 15 is 0 Å². The third-order valence-corrected chi connectivity index (χ3v) is 3.16. The van der Waals surface area contributed by atoms with Crippen LogP contribution in [0.15, 0.2) is 27.1 Å². The van der Waals surface area contributed by atoms with Gasteiger partial charge in [-0.25, -0.2) is 9.69 Å².